The summed E-state index contributed by atoms with van der Waals surface area (Å²) in [5.74, 6) is -2.31. The molecule has 1 aliphatic heterocycles. The lowest BCUT2D eigenvalue weighted by molar-refractivity contribution is -0.137. The molecule has 1 saturated heterocycles. The molecule has 0 radical (unpaired) electrons. The molecule has 0 unspecified atom stereocenters. The number of carboxylic acid groups (broad SMARTS) is 1. The minimum absolute atomic E-state index is 0.00188. The minimum Gasteiger partial charge on any atom is -0.481 e. The normalized spacial score (nSPS) is 17.2. The molecule has 12 heteroatoms. The number of ether oxygens (including phenoxy) is 1. The van der Waals surface area contributed by atoms with Crippen LogP contribution in [0.2, 0.25) is 0 Å². The van der Waals surface area contributed by atoms with Crippen molar-refractivity contribution in [1.82, 2.24) is 14.9 Å². The molecule has 2 atom stereocenters. The number of fused-ring (bicyclic) bond motifs is 1. The van der Waals surface area contributed by atoms with Gasteiger partial charge in [-0.3, -0.25) is 9.59 Å². The van der Waals surface area contributed by atoms with Gasteiger partial charge >= 0.3 is 5.97 Å². The van der Waals surface area contributed by atoms with Crippen molar-refractivity contribution in [1.29, 1.82) is 0 Å². The summed E-state index contributed by atoms with van der Waals surface area (Å²) in [7, 11) is 1.57. The topological polar surface area (TPSA) is 118 Å². The number of methoxy groups -OCH3 is 1. The lowest BCUT2D eigenvalue weighted by Crippen LogP contribution is -2.33. The number of likely N-dealkylation sites (tertiary alicyclic amines) is 1. The Morgan fingerprint density at radius 1 is 1.28 bits per heavy atom. The third-order valence-corrected chi connectivity index (χ3v) is 7.88. The number of halogens is 2. The highest BCUT2D eigenvalue weighted by atomic mass is 32.1. The fourth-order valence-corrected chi connectivity index (χ4v) is 5.64. The largest absolute Gasteiger partial charge is 0.481 e. The Kier molecular flexibility index (Phi) is 7.58. The highest BCUT2D eigenvalue weighted by Gasteiger charge is 2.38. The predicted molar refractivity (Wildman–Crippen MR) is 140 cm³/mol. The van der Waals surface area contributed by atoms with E-state index in [1.807, 2.05) is 0 Å². The third kappa shape index (κ3) is 5.76. The zero-order valence-corrected chi connectivity index (χ0v) is 22.1. The van der Waals surface area contributed by atoms with Gasteiger partial charge in [-0.05, 0) is 37.1 Å². The van der Waals surface area contributed by atoms with Crippen LogP contribution in [-0.4, -0.2) is 51.6 Å². The van der Waals surface area contributed by atoms with E-state index in [0.717, 1.165) is 10.4 Å². The smallest absolute Gasteiger partial charge is 0.303 e. The number of carbonyl (C=O) groups is 2. The average Bonchev–Trinajstić information content (AvgIpc) is 3.64. The number of thiazole rings is 1. The van der Waals surface area contributed by atoms with Crippen LogP contribution in [0.15, 0.2) is 40.9 Å². The van der Waals surface area contributed by atoms with Gasteiger partial charge in [0.2, 0.25) is 5.91 Å². The molecule has 5 rings (SSSR count). The molecule has 2 aromatic carbocycles. The van der Waals surface area contributed by atoms with E-state index >= 15 is 4.39 Å². The minimum atomic E-state index is -0.889. The van der Waals surface area contributed by atoms with Gasteiger partial charge in [0.05, 0.1) is 25.0 Å². The van der Waals surface area contributed by atoms with E-state index in [4.69, 9.17) is 14.3 Å². The maximum Gasteiger partial charge on any atom is 0.303 e. The van der Waals surface area contributed by atoms with Gasteiger partial charge < -0.3 is 24.5 Å². The number of aryl methyl sites for hydroxylation is 2. The zero-order valence-electron chi connectivity index (χ0n) is 21.2. The molecule has 1 aliphatic rings. The van der Waals surface area contributed by atoms with Crippen molar-refractivity contribution in [3.8, 4) is 0 Å². The first kappa shape index (κ1) is 26.7. The number of amides is 1. The summed E-state index contributed by atoms with van der Waals surface area (Å²) < 4.78 is 40.2. The number of nitrogens with one attached hydrogen (secondary N) is 1. The Labute approximate surface area is 226 Å². The first-order valence-electron chi connectivity index (χ1n) is 12.3. The Bertz CT molecular complexity index is 1540. The van der Waals surface area contributed by atoms with E-state index in [1.165, 1.54) is 29.5 Å². The monoisotopic (exact) mass is 556 g/mol. The van der Waals surface area contributed by atoms with E-state index in [0.29, 0.717) is 30.1 Å². The summed E-state index contributed by atoms with van der Waals surface area (Å²) >= 11 is 1.37. The number of nitrogens with zero attached hydrogens (tertiary/aromatic N) is 3. The number of hydrogen-bond donors (Lipinski definition) is 2. The van der Waals surface area contributed by atoms with Crippen LogP contribution in [0.4, 0.5) is 20.5 Å². The number of aromatic nitrogens is 2. The maximum atomic E-state index is 15.5. The standard InChI is InChI=1S/C27H26F2N4O5S/c1-14-3-5-16(28)10-20(14)32-27-31-19-7-4-15(24(29)25(19)38-27)9-22(34)33-13-17(37-2)11-21(33)26-30-12-18(39-26)6-8-23(35)36/h3-5,7,10,12,17,21H,6,8-9,11,13H2,1-2H3,(H,31,32)(H,35,36)/t17-,21-/m0/s1. The van der Waals surface area contributed by atoms with E-state index in [9.17, 15) is 14.0 Å². The molecule has 4 aromatic rings. The first-order chi connectivity index (χ1) is 18.7. The highest BCUT2D eigenvalue weighted by Crippen LogP contribution is 2.37. The van der Waals surface area contributed by atoms with Crippen LogP contribution in [0, 0.1) is 18.6 Å². The van der Waals surface area contributed by atoms with Crippen LogP contribution >= 0.6 is 11.3 Å². The molecule has 39 heavy (non-hydrogen) atoms. The number of carboxylic acids is 1. The second-order valence-electron chi connectivity index (χ2n) is 9.38. The summed E-state index contributed by atoms with van der Waals surface area (Å²) in [4.78, 5) is 35.4. The Morgan fingerprint density at radius 3 is 2.87 bits per heavy atom. The van der Waals surface area contributed by atoms with Crippen LogP contribution in [-0.2, 0) is 27.2 Å². The van der Waals surface area contributed by atoms with Crippen LogP contribution in [0.5, 0.6) is 0 Å². The molecule has 3 heterocycles. The van der Waals surface area contributed by atoms with Crippen molar-refractivity contribution in [3.05, 3.63) is 69.2 Å². The number of rotatable bonds is 9. The second-order valence-corrected chi connectivity index (χ2v) is 10.5. The van der Waals surface area contributed by atoms with Crippen LogP contribution in [0.1, 0.15) is 39.9 Å². The SMILES string of the molecule is CO[C@H]1C[C@@H](c2ncc(CCC(=O)O)s2)N(C(=O)Cc2ccc3nc(Nc4cc(F)ccc4C)oc3c2F)C1. The molecule has 1 amide bonds. The number of anilines is 2. The summed E-state index contributed by atoms with van der Waals surface area (Å²) in [5.41, 5.74) is 1.51. The summed E-state index contributed by atoms with van der Waals surface area (Å²) in [6.45, 7) is 2.12. The van der Waals surface area contributed by atoms with Crippen molar-refractivity contribution in [2.45, 2.75) is 44.8 Å². The Morgan fingerprint density at radius 2 is 2.10 bits per heavy atom. The molecule has 1 fully saturated rings. The van der Waals surface area contributed by atoms with Gasteiger partial charge in [-0.1, -0.05) is 12.1 Å². The van der Waals surface area contributed by atoms with Gasteiger partial charge in [0.15, 0.2) is 11.4 Å². The van der Waals surface area contributed by atoms with Crippen LogP contribution in [0.3, 0.4) is 0 Å². The Balaban J connectivity index is 1.34. The van der Waals surface area contributed by atoms with E-state index in [-0.39, 0.29) is 53.6 Å². The average molecular weight is 557 g/mol. The summed E-state index contributed by atoms with van der Waals surface area (Å²) in [6, 6.07) is 6.96. The number of aliphatic carboxylic acids is 1. The molecule has 9 nitrogen and oxygen atoms in total. The quantitative estimate of drug-likeness (QED) is 0.290. The third-order valence-electron chi connectivity index (χ3n) is 6.72. The lowest BCUT2D eigenvalue weighted by atomic mass is 10.1. The molecular formula is C27H26F2N4O5S. The number of carbonyl (C=O) groups excluding carboxylic acids is 1. The highest BCUT2D eigenvalue weighted by molar-refractivity contribution is 7.11. The van der Waals surface area contributed by atoms with Crippen LogP contribution in [0.25, 0.3) is 11.1 Å². The van der Waals surface area contributed by atoms with Crippen molar-refractivity contribution < 1.29 is 32.6 Å². The van der Waals surface area contributed by atoms with Crippen molar-refractivity contribution in [3.63, 3.8) is 0 Å². The Hall–Kier alpha value is -3.90. The van der Waals surface area contributed by atoms with E-state index in [1.54, 1.807) is 37.3 Å². The van der Waals surface area contributed by atoms with E-state index < -0.39 is 17.6 Å². The molecule has 0 aliphatic carbocycles. The lowest BCUT2D eigenvalue weighted by Gasteiger charge is -2.23. The fraction of sp³-hybridized carbons (Fsp3) is 0.333. The number of oxazole rings is 1. The van der Waals surface area contributed by atoms with Crippen molar-refractivity contribution >= 4 is 46.0 Å². The van der Waals surface area contributed by atoms with Crippen molar-refractivity contribution in [2.24, 2.45) is 0 Å². The van der Waals surface area contributed by atoms with Gasteiger partial charge in [0.1, 0.15) is 16.3 Å². The zero-order chi connectivity index (χ0) is 27.7. The number of hydrogen-bond acceptors (Lipinski definition) is 8. The molecule has 2 N–H and O–H groups in total. The van der Waals surface area contributed by atoms with Gasteiger partial charge in [0, 0.05) is 42.4 Å². The summed E-state index contributed by atoms with van der Waals surface area (Å²) in [6.07, 6.45) is 2.12. The van der Waals surface area contributed by atoms with E-state index in [2.05, 4.69) is 15.3 Å². The fourth-order valence-electron chi connectivity index (χ4n) is 4.60. The second kappa shape index (κ2) is 11.1. The van der Waals surface area contributed by atoms with Crippen molar-refractivity contribution in [2.75, 3.05) is 19.0 Å². The van der Waals surface area contributed by atoms with Gasteiger partial charge in [-0.25, -0.2) is 13.8 Å². The molecular weight excluding hydrogens is 530 g/mol. The molecule has 0 spiro atoms. The molecule has 2 aromatic heterocycles. The molecule has 204 valence electrons. The maximum absolute atomic E-state index is 15.5. The van der Waals surface area contributed by atoms with Gasteiger partial charge in [0.25, 0.3) is 6.01 Å². The molecule has 0 saturated carbocycles. The van der Waals surface area contributed by atoms with Gasteiger partial charge in [-0.15, -0.1) is 11.3 Å². The summed E-state index contributed by atoms with van der Waals surface area (Å²) in [5, 5.41) is 12.5. The van der Waals surface area contributed by atoms with Gasteiger partial charge in [-0.2, -0.15) is 4.98 Å². The van der Waals surface area contributed by atoms with Crippen LogP contribution < -0.4 is 5.32 Å². The predicted octanol–water partition coefficient (Wildman–Crippen LogP) is 5.16. The number of benzene rings is 2. The first-order valence-corrected chi connectivity index (χ1v) is 13.1. The molecule has 0 bridgehead atoms.